The highest BCUT2D eigenvalue weighted by molar-refractivity contribution is 7.91. The molecule has 4 nitrogen and oxygen atoms in total. The summed E-state index contributed by atoms with van der Waals surface area (Å²) in [6, 6.07) is 3.65. The van der Waals surface area contributed by atoms with Crippen LogP contribution in [0.4, 0.5) is 0 Å². The highest BCUT2D eigenvalue weighted by Gasteiger charge is 2.33. The van der Waals surface area contributed by atoms with Crippen molar-refractivity contribution in [3.8, 4) is 0 Å². The second-order valence-electron chi connectivity index (χ2n) is 5.39. The van der Waals surface area contributed by atoms with Crippen molar-refractivity contribution in [3.05, 3.63) is 17.0 Å². The first-order valence-corrected chi connectivity index (χ1v) is 8.99. The van der Waals surface area contributed by atoms with Crippen LogP contribution in [-0.4, -0.2) is 21.5 Å². The molecule has 0 aromatic carbocycles. The van der Waals surface area contributed by atoms with Gasteiger partial charge in [-0.1, -0.05) is 13.8 Å². The van der Waals surface area contributed by atoms with Crippen LogP contribution in [0.5, 0.6) is 0 Å². The molecule has 19 heavy (non-hydrogen) atoms. The summed E-state index contributed by atoms with van der Waals surface area (Å²) in [5, 5.41) is 3.03. The molecule has 1 aliphatic rings. The number of sulfonamides is 1. The number of hydrogen-bond acceptors (Lipinski definition) is 4. The summed E-state index contributed by atoms with van der Waals surface area (Å²) in [6.07, 6.45) is 2.04. The van der Waals surface area contributed by atoms with Gasteiger partial charge in [0, 0.05) is 17.5 Å². The maximum Gasteiger partial charge on any atom is 0.250 e. The van der Waals surface area contributed by atoms with Crippen molar-refractivity contribution in [2.75, 3.05) is 7.05 Å². The fourth-order valence-corrected chi connectivity index (χ4v) is 5.31. The molecule has 0 amide bonds. The van der Waals surface area contributed by atoms with Crippen LogP contribution in [-0.2, 0) is 16.6 Å². The van der Waals surface area contributed by atoms with Gasteiger partial charge in [0.05, 0.1) is 0 Å². The van der Waals surface area contributed by atoms with E-state index in [-0.39, 0.29) is 6.04 Å². The van der Waals surface area contributed by atoms with Crippen LogP contribution in [0.25, 0.3) is 0 Å². The fourth-order valence-electron chi connectivity index (χ4n) is 2.56. The Kier molecular flexibility index (Phi) is 4.66. The topological polar surface area (TPSA) is 58.2 Å². The van der Waals surface area contributed by atoms with Crippen LogP contribution in [0.3, 0.4) is 0 Å². The van der Waals surface area contributed by atoms with Crippen molar-refractivity contribution in [2.45, 2.75) is 43.5 Å². The normalized spacial score (nSPS) is 27.8. The lowest BCUT2D eigenvalue weighted by molar-refractivity contribution is 0.402. The number of hydrogen-bond donors (Lipinski definition) is 2. The van der Waals surface area contributed by atoms with Crippen LogP contribution in [0.1, 0.15) is 31.6 Å². The van der Waals surface area contributed by atoms with E-state index >= 15 is 0 Å². The third kappa shape index (κ3) is 3.37. The molecule has 0 aliphatic heterocycles. The average Bonchev–Trinajstić information content (AvgIpc) is 2.92. The summed E-state index contributed by atoms with van der Waals surface area (Å²) >= 11 is 1.34. The second kappa shape index (κ2) is 5.91. The molecule has 1 aliphatic carbocycles. The molecule has 1 aromatic rings. The summed E-state index contributed by atoms with van der Waals surface area (Å²) in [4.78, 5) is 1.04. The van der Waals surface area contributed by atoms with E-state index in [0.29, 0.717) is 22.6 Å². The zero-order valence-electron chi connectivity index (χ0n) is 11.6. The lowest BCUT2D eigenvalue weighted by Crippen LogP contribution is -2.36. The molecule has 6 heteroatoms. The Labute approximate surface area is 119 Å². The number of rotatable bonds is 5. The van der Waals surface area contributed by atoms with E-state index in [4.69, 9.17) is 0 Å². The summed E-state index contributed by atoms with van der Waals surface area (Å²) in [6.45, 7) is 5.03. The first-order valence-electron chi connectivity index (χ1n) is 6.69. The van der Waals surface area contributed by atoms with E-state index in [1.54, 1.807) is 6.07 Å². The summed E-state index contributed by atoms with van der Waals surface area (Å²) < 4.78 is 28.0. The smallest absolute Gasteiger partial charge is 0.250 e. The van der Waals surface area contributed by atoms with Gasteiger partial charge in [-0.2, -0.15) is 0 Å². The Morgan fingerprint density at radius 2 is 2.05 bits per heavy atom. The summed E-state index contributed by atoms with van der Waals surface area (Å²) in [5.74, 6) is 1.00. The minimum absolute atomic E-state index is 0.0786. The first kappa shape index (κ1) is 15.0. The van der Waals surface area contributed by atoms with E-state index in [1.165, 1.54) is 11.3 Å². The van der Waals surface area contributed by atoms with Crippen LogP contribution < -0.4 is 10.0 Å². The molecule has 1 aromatic heterocycles. The van der Waals surface area contributed by atoms with E-state index in [9.17, 15) is 8.42 Å². The predicted molar refractivity (Wildman–Crippen MR) is 78.8 cm³/mol. The Hall–Kier alpha value is -0.430. The Bertz CT molecular complexity index is 525. The molecule has 1 saturated carbocycles. The molecule has 0 spiro atoms. The van der Waals surface area contributed by atoms with Crippen LogP contribution in [0.2, 0.25) is 0 Å². The molecule has 0 radical (unpaired) electrons. The fraction of sp³-hybridized carbons (Fsp3) is 0.692. The van der Waals surface area contributed by atoms with Gasteiger partial charge in [-0.25, -0.2) is 13.1 Å². The van der Waals surface area contributed by atoms with Gasteiger partial charge in [0.2, 0.25) is 10.0 Å². The third-order valence-electron chi connectivity index (χ3n) is 4.02. The standard InChI is InChI=1S/C13H22N2O2S2/c1-9-4-6-12(10(9)2)15-19(16,17)13-7-5-11(18-13)8-14-3/h5,7,9-10,12,14-15H,4,6,8H2,1-3H3. The summed E-state index contributed by atoms with van der Waals surface area (Å²) in [5.41, 5.74) is 0. The monoisotopic (exact) mass is 302 g/mol. The van der Waals surface area contributed by atoms with Gasteiger partial charge in [-0.05, 0) is 43.9 Å². The zero-order valence-corrected chi connectivity index (χ0v) is 13.3. The third-order valence-corrected chi connectivity index (χ3v) is 7.09. The summed E-state index contributed by atoms with van der Waals surface area (Å²) in [7, 11) is -1.50. The molecular formula is C13H22N2O2S2. The predicted octanol–water partition coefficient (Wildman–Crippen LogP) is 2.18. The van der Waals surface area contributed by atoms with Gasteiger partial charge >= 0.3 is 0 Å². The van der Waals surface area contributed by atoms with E-state index in [0.717, 1.165) is 17.7 Å². The average molecular weight is 302 g/mol. The molecule has 2 N–H and O–H groups in total. The van der Waals surface area contributed by atoms with Gasteiger partial charge in [-0.15, -0.1) is 11.3 Å². The lowest BCUT2D eigenvalue weighted by Gasteiger charge is -2.19. The second-order valence-corrected chi connectivity index (χ2v) is 8.50. The van der Waals surface area contributed by atoms with E-state index in [1.807, 2.05) is 13.1 Å². The van der Waals surface area contributed by atoms with E-state index < -0.39 is 10.0 Å². The minimum atomic E-state index is -3.36. The van der Waals surface area contributed by atoms with Gasteiger partial charge in [0.15, 0.2) is 0 Å². The zero-order chi connectivity index (χ0) is 14.0. The molecular weight excluding hydrogens is 280 g/mol. The van der Waals surface area contributed by atoms with E-state index in [2.05, 4.69) is 23.9 Å². The molecule has 0 bridgehead atoms. The Morgan fingerprint density at radius 3 is 2.63 bits per heavy atom. The van der Waals surface area contributed by atoms with Crippen LogP contribution >= 0.6 is 11.3 Å². The van der Waals surface area contributed by atoms with Crippen LogP contribution in [0.15, 0.2) is 16.3 Å². The lowest BCUT2D eigenvalue weighted by atomic mass is 9.98. The molecule has 3 atom stereocenters. The minimum Gasteiger partial charge on any atom is -0.315 e. The molecule has 1 heterocycles. The van der Waals surface area contributed by atoms with Crippen molar-refractivity contribution in [3.63, 3.8) is 0 Å². The van der Waals surface area contributed by atoms with Gasteiger partial charge in [-0.3, -0.25) is 0 Å². The van der Waals surface area contributed by atoms with Crippen molar-refractivity contribution in [2.24, 2.45) is 11.8 Å². The molecule has 108 valence electrons. The number of thiophene rings is 1. The SMILES string of the molecule is CNCc1ccc(S(=O)(=O)NC2CCC(C)C2C)s1. The van der Waals surface area contributed by atoms with Crippen molar-refractivity contribution in [1.29, 1.82) is 0 Å². The molecule has 3 unspecified atom stereocenters. The van der Waals surface area contributed by atoms with Crippen molar-refractivity contribution >= 4 is 21.4 Å². The van der Waals surface area contributed by atoms with Gasteiger partial charge in [0.1, 0.15) is 4.21 Å². The highest BCUT2D eigenvalue weighted by atomic mass is 32.2. The quantitative estimate of drug-likeness (QED) is 0.876. The maximum absolute atomic E-state index is 12.3. The van der Waals surface area contributed by atoms with Crippen molar-refractivity contribution in [1.82, 2.24) is 10.0 Å². The van der Waals surface area contributed by atoms with Gasteiger partial charge in [0.25, 0.3) is 0 Å². The first-order chi connectivity index (χ1) is 8.94. The Morgan fingerprint density at radius 1 is 1.32 bits per heavy atom. The molecule has 2 rings (SSSR count). The van der Waals surface area contributed by atoms with Gasteiger partial charge < -0.3 is 5.32 Å². The number of nitrogens with one attached hydrogen (secondary N) is 2. The molecule has 1 fully saturated rings. The largest absolute Gasteiger partial charge is 0.315 e. The van der Waals surface area contributed by atoms with Crippen LogP contribution in [0, 0.1) is 11.8 Å². The Balaban J connectivity index is 2.09. The van der Waals surface area contributed by atoms with Crippen molar-refractivity contribution < 1.29 is 8.42 Å². The maximum atomic E-state index is 12.3. The highest BCUT2D eigenvalue weighted by Crippen LogP contribution is 2.32. The molecule has 0 saturated heterocycles.